The highest BCUT2D eigenvalue weighted by molar-refractivity contribution is 5.77. The topological polar surface area (TPSA) is 47.6 Å². The molecule has 1 amide bonds. The molecule has 4 heteroatoms. The highest BCUT2D eigenvalue weighted by Crippen LogP contribution is 2.28. The molecule has 0 fully saturated rings. The van der Waals surface area contributed by atoms with Crippen molar-refractivity contribution in [3.05, 3.63) is 59.2 Å². The highest BCUT2D eigenvalue weighted by Gasteiger charge is 2.24. The molecule has 0 spiro atoms. The third-order valence-electron chi connectivity index (χ3n) is 4.37. The minimum absolute atomic E-state index is 0.0281. The van der Waals surface area contributed by atoms with Gasteiger partial charge in [-0.2, -0.15) is 0 Å². The normalized spacial score (nSPS) is 11.1. The predicted octanol–water partition coefficient (Wildman–Crippen LogP) is 4.00. The van der Waals surface area contributed by atoms with E-state index in [1.807, 2.05) is 18.2 Å². The van der Waals surface area contributed by atoms with Crippen molar-refractivity contribution in [2.75, 3.05) is 14.2 Å². The summed E-state index contributed by atoms with van der Waals surface area (Å²) in [6.07, 6.45) is 0.434. The molecular weight excluding hydrogens is 314 g/mol. The van der Waals surface area contributed by atoms with Gasteiger partial charge in [-0.25, -0.2) is 0 Å². The largest absolute Gasteiger partial charge is 0.493 e. The van der Waals surface area contributed by atoms with Crippen molar-refractivity contribution >= 4 is 5.91 Å². The lowest BCUT2D eigenvalue weighted by Gasteiger charge is -2.25. The van der Waals surface area contributed by atoms with E-state index in [1.165, 1.54) is 11.1 Å². The quantitative estimate of drug-likeness (QED) is 0.828. The number of ether oxygens (including phenoxy) is 2. The van der Waals surface area contributed by atoms with Crippen LogP contribution in [0.3, 0.4) is 0 Å². The molecule has 0 saturated carbocycles. The molecule has 0 heterocycles. The molecule has 4 nitrogen and oxygen atoms in total. The van der Waals surface area contributed by atoms with Gasteiger partial charge in [-0.05, 0) is 35.6 Å². The van der Waals surface area contributed by atoms with Crippen molar-refractivity contribution in [2.45, 2.75) is 39.2 Å². The molecule has 0 radical (unpaired) electrons. The van der Waals surface area contributed by atoms with E-state index in [2.05, 4.69) is 50.4 Å². The van der Waals surface area contributed by atoms with E-state index in [1.54, 1.807) is 14.2 Å². The summed E-state index contributed by atoms with van der Waals surface area (Å²) >= 11 is 0. The number of aryl methyl sites for hydroxylation is 1. The Hall–Kier alpha value is -2.49. The summed E-state index contributed by atoms with van der Waals surface area (Å²) in [6.45, 7) is 6.71. The molecule has 0 aliphatic rings. The lowest BCUT2D eigenvalue weighted by molar-refractivity contribution is -0.122. The van der Waals surface area contributed by atoms with E-state index < -0.39 is 0 Å². The van der Waals surface area contributed by atoms with Crippen LogP contribution >= 0.6 is 0 Å². The molecule has 0 aliphatic heterocycles. The summed E-state index contributed by atoms with van der Waals surface area (Å²) in [5.74, 6) is 1.37. The molecule has 0 unspecified atom stereocenters. The van der Waals surface area contributed by atoms with E-state index in [0.29, 0.717) is 24.5 Å². The van der Waals surface area contributed by atoms with Crippen molar-refractivity contribution in [1.82, 2.24) is 5.32 Å². The number of hydrogen-bond acceptors (Lipinski definition) is 3. The SMILES string of the molecule is COc1ccc(CNC(=O)CC(C)(C)c2ccc(C)cc2)cc1OC. The molecule has 0 bridgehead atoms. The van der Waals surface area contributed by atoms with Crippen LogP contribution in [-0.4, -0.2) is 20.1 Å². The smallest absolute Gasteiger partial charge is 0.221 e. The first-order chi connectivity index (χ1) is 11.9. The maximum atomic E-state index is 12.4. The zero-order valence-corrected chi connectivity index (χ0v) is 15.7. The first-order valence-electron chi connectivity index (χ1n) is 8.40. The van der Waals surface area contributed by atoms with Gasteiger partial charge >= 0.3 is 0 Å². The molecular formula is C21H27NO3. The van der Waals surface area contributed by atoms with Crippen LogP contribution in [0, 0.1) is 6.92 Å². The molecule has 0 saturated heterocycles. The molecule has 0 atom stereocenters. The van der Waals surface area contributed by atoms with Crippen LogP contribution in [0.1, 0.15) is 37.0 Å². The molecule has 0 aliphatic carbocycles. The number of benzene rings is 2. The lowest BCUT2D eigenvalue weighted by atomic mass is 9.81. The Kier molecular flexibility index (Phi) is 6.07. The van der Waals surface area contributed by atoms with Gasteiger partial charge in [0.25, 0.3) is 0 Å². The summed E-state index contributed by atoms with van der Waals surface area (Å²) in [5.41, 5.74) is 3.14. The highest BCUT2D eigenvalue weighted by atomic mass is 16.5. The average molecular weight is 341 g/mol. The molecule has 134 valence electrons. The Bertz CT molecular complexity index is 720. The third-order valence-corrected chi connectivity index (χ3v) is 4.37. The zero-order valence-electron chi connectivity index (χ0n) is 15.7. The van der Waals surface area contributed by atoms with E-state index in [4.69, 9.17) is 9.47 Å². The molecule has 2 rings (SSSR count). The lowest BCUT2D eigenvalue weighted by Crippen LogP contribution is -2.30. The predicted molar refractivity (Wildman–Crippen MR) is 100 cm³/mol. The van der Waals surface area contributed by atoms with Crippen LogP contribution in [0.15, 0.2) is 42.5 Å². The van der Waals surface area contributed by atoms with Gasteiger partial charge in [0.2, 0.25) is 5.91 Å². The second kappa shape index (κ2) is 8.06. The van der Waals surface area contributed by atoms with Gasteiger partial charge in [0, 0.05) is 13.0 Å². The minimum atomic E-state index is -0.213. The van der Waals surface area contributed by atoms with Crippen LogP contribution in [0.2, 0.25) is 0 Å². The van der Waals surface area contributed by atoms with Crippen LogP contribution in [0.25, 0.3) is 0 Å². The second-order valence-corrected chi connectivity index (χ2v) is 6.89. The fourth-order valence-corrected chi connectivity index (χ4v) is 2.76. The van der Waals surface area contributed by atoms with E-state index >= 15 is 0 Å². The van der Waals surface area contributed by atoms with Crippen LogP contribution < -0.4 is 14.8 Å². The van der Waals surface area contributed by atoms with Gasteiger partial charge < -0.3 is 14.8 Å². The van der Waals surface area contributed by atoms with E-state index in [-0.39, 0.29) is 11.3 Å². The van der Waals surface area contributed by atoms with Crippen LogP contribution in [0.5, 0.6) is 11.5 Å². The zero-order chi connectivity index (χ0) is 18.4. The summed E-state index contributed by atoms with van der Waals surface area (Å²) in [4.78, 5) is 12.4. The monoisotopic (exact) mass is 341 g/mol. The van der Waals surface area contributed by atoms with Crippen molar-refractivity contribution in [2.24, 2.45) is 0 Å². The fraction of sp³-hybridized carbons (Fsp3) is 0.381. The van der Waals surface area contributed by atoms with E-state index in [0.717, 1.165) is 5.56 Å². The van der Waals surface area contributed by atoms with Gasteiger partial charge in [-0.1, -0.05) is 49.7 Å². The van der Waals surface area contributed by atoms with Crippen LogP contribution in [-0.2, 0) is 16.8 Å². The van der Waals surface area contributed by atoms with Crippen LogP contribution in [0.4, 0.5) is 0 Å². The molecule has 2 aromatic rings. The number of carbonyl (C=O) groups is 1. The van der Waals surface area contributed by atoms with Crippen molar-refractivity contribution in [3.8, 4) is 11.5 Å². The summed E-state index contributed by atoms with van der Waals surface area (Å²) < 4.78 is 10.5. The number of hydrogen-bond donors (Lipinski definition) is 1. The summed E-state index contributed by atoms with van der Waals surface area (Å²) in [6, 6.07) is 14.0. The summed E-state index contributed by atoms with van der Waals surface area (Å²) in [7, 11) is 3.21. The van der Waals surface area contributed by atoms with Crippen molar-refractivity contribution in [1.29, 1.82) is 0 Å². The number of amides is 1. The van der Waals surface area contributed by atoms with Gasteiger partial charge in [-0.3, -0.25) is 4.79 Å². The maximum Gasteiger partial charge on any atom is 0.221 e. The number of methoxy groups -OCH3 is 2. The second-order valence-electron chi connectivity index (χ2n) is 6.89. The number of carbonyl (C=O) groups excluding carboxylic acids is 1. The van der Waals surface area contributed by atoms with Gasteiger partial charge in [0.15, 0.2) is 11.5 Å². The Morgan fingerprint density at radius 2 is 1.64 bits per heavy atom. The Labute approximate surface area is 150 Å². The summed E-state index contributed by atoms with van der Waals surface area (Å²) in [5, 5.41) is 2.99. The standard InChI is InChI=1S/C21H27NO3/c1-15-6-9-17(10-7-15)21(2,3)13-20(23)22-14-16-8-11-18(24-4)19(12-16)25-5/h6-12H,13-14H2,1-5H3,(H,22,23). The van der Waals surface area contributed by atoms with Gasteiger partial charge in [0.1, 0.15) is 0 Å². The first kappa shape index (κ1) is 18.8. The van der Waals surface area contributed by atoms with E-state index in [9.17, 15) is 4.79 Å². The fourth-order valence-electron chi connectivity index (χ4n) is 2.76. The third kappa shape index (κ3) is 4.99. The number of rotatable bonds is 7. The van der Waals surface area contributed by atoms with Gasteiger partial charge in [-0.15, -0.1) is 0 Å². The van der Waals surface area contributed by atoms with Gasteiger partial charge in [0.05, 0.1) is 14.2 Å². The maximum absolute atomic E-state index is 12.4. The molecule has 2 aromatic carbocycles. The molecule has 25 heavy (non-hydrogen) atoms. The van der Waals surface area contributed by atoms with Crippen molar-refractivity contribution < 1.29 is 14.3 Å². The molecule has 1 N–H and O–H groups in total. The Balaban J connectivity index is 1.97. The average Bonchev–Trinajstić information content (AvgIpc) is 2.59. The first-order valence-corrected chi connectivity index (χ1v) is 8.40. The minimum Gasteiger partial charge on any atom is -0.493 e. The number of nitrogens with one attached hydrogen (secondary N) is 1. The Morgan fingerprint density at radius 3 is 2.24 bits per heavy atom. The Morgan fingerprint density at radius 1 is 1.00 bits per heavy atom. The van der Waals surface area contributed by atoms with Crippen molar-refractivity contribution in [3.63, 3.8) is 0 Å². The molecule has 0 aromatic heterocycles.